The summed E-state index contributed by atoms with van der Waals surface area (Å²) in [5.74, 6) is 0.791. The number of amides is 1. The topological polar surface area (TPSA) is 61.5 Å². The predicted molar refractivity (Wildman–Crippen MR) is 103 cm³/mol. The van der Waals surface area contributed by atoms with Crippen LogP contribution in [-0.4, -0.2) is 57.6 Å². The molecule has 1 aromatic heterocycles. The smallest absolute Gasteiger partial charge is 0.410 e. The van der Waals surface area contributed by atoms with E-state index in [4.69, 9.17) is 4.74 Å². The lowest BCUT2D eigenvalue weighted by Gasteiger charge is -2.22. The van der Waals surface area contributed by atoms with Gasteiger partial charge in [0.25, 0.3) is 0 Å². The number of carbonyl (C=O) groups is 1. The number of halogens is 1. The molecular formula is C21H27FN4O2. The molecule has 1 amide bonds. The monoisotopic (exact) mass is 386 g/mol. The van der Waals surface area contributed by atoms with E-state index >= 15 is 0 Å². The highest BCUT2D eigenvalue weighted by Gasteiger charge is 2.47. The van der Waals surface area contributed by atoms with Gasteiger partial charge in [-0.25, -0.2) is 14.2 Å². The summed E-state index contributed by atoms with van der Waals surface area (Å²) in [6.45, 7) is 7.13. The van der Waals surface area contributed by atoms with Crippen LogP contribution in [0.5, 0.6) is 0 Å². The first-order chi connectivity index (χ1) is 13.5. The van der Waals surface area contributed by atoms with Crippen molar-refractivity contribution in [2.24, 2.45) is 0 Å². The third-order valence-electron chi connectivity index (χ3n) is 5.72. The largest absolute Gasteiger partial charge is 0.442 e. The van der Waals surface area contributed by atoms with Crippen LogP contribution in [0.1, 0.15) is 36.1 Å². The quantitative estimate of drug-likeness (QED) is 0.795. The molecule has 3 heterocycles. The SMILES string of the molecule is CCc1nc(CN2C[C@H]3OC(=O)N(CCCc4ccc(F)cc4)[C@H]3C2)c(C)[nH]1. The fourth-order valence-corrected chi connectivity index (χ4v) is 4.17. The Morgan fingerprint density at radius 3 is 2.79 bits per heavy atom. The Bertz CT molecular complexity index is 835. The van der Waals surface area contributed by atoms with Gasteiger partial charge in [-0.1, -0.05) is 19.1 Å². The number of carbonyl (C=O) groups excluding carboxylic acids is 1. The molecule has 0 bridgehead atoms. The van der Waals surface area contributed by atoms with Crippen molar-refractivity contribution in [3.05, 3.63) is 52.9 Å². The molecule has 150 valence electrons. The normalized spacial score (nSPS) is 22.0. The van der Waals surface area contributed by atoms with E-state index < -0.39 is 0 Å². The lowest BCUT2D eigenvalue weighted by Crippen LogP contribution is -2.38. The number of nitrogens with one attached hydrogen (secondary N) is 1. The minimum Gasteiger partial charge on any atom is -0.442 e. The maximum atomic E-state index is 13.0. The number of aryl methyl sites for hydroxylation is 3. The van der Waals surface area contributed by atoms with Crippen molar-refractivity contribution in [3.63, 3.8) is 0 Å². The fraction of sp³-hybridized carbons (Fsp3) is 0.524. The summed E-state index contributed by atoms with van der Waals surface area (Å²) in [7, 11) is 0. The zero-order valence-corrected chi connectivity index (χ0v) is 16.4. The summed E-state index contributed by atoms with van der Waals surface area (Å²) < 4.78 is 18.6. The van der Waals surface area contributed by atoms with E-state index in [1.807, 2.05) is 4.90 Å². The maximum absolute atomic E-state index is 13.0. The van der Waals surface area contributed by atoms with Gasteiger partial charge in [0, 0.05) is 38.3 Å². The molecule has 0 radical (unpaired) electrons. The molecule has 2 saturated heterocycles. The molecule has 1 aromatic carbocycles. The third-order valence-corrected chi connectivity index (χ3v) is 5.72. The first kappa shape index (κ1) is 18.9. The van der Waals surface area contributed by atoms with Crippen molar-refractivity contribution in [3.8, 4) is 0 Å². The molecule has 6 nitrogen and oxygen atoms in total. The van der Waals surface area contributed by atoms with Crippen LogP contribution in [0, 0.1) is 12.7 Å². The highest BCUT2D eigenvalue weighted by Crippen LogP contribution is 2.28. The number of H-pyrrole nitrogens is 1. The number of ether oxygens (including phenoxy) is 1. The van der Waals surface area contributed by atoms with E-state index in [0.29, 0.717) is 6.54 Å². The Morgan fingerprint density at radius 2 is 2.07 bits per heavy atom. The van der Waals surface area contributed by atoms with Crippen LogP contribution in [0.3, 0.4) is 0 Å². The molecule has 0 aliphatic carbocycles. The molecule has 2 aliphatic heterocycles. The van der Waals surface area contributed by atoms with Gasteiger partial charge < -0.3 is 14.6 Å². The van der Waals surface area contributed by atoms with Gasteiger partial charge in [-0.15, -0.1) is 0 Å². The highest BCUT2D eigenvalue weighted by atomic mass is 19.1. The molecule has 1 N–H and O–H groups in total. The predicted octanol–water partition coefficient (Wildman–Crippen LogP) is 3.06. The minimum absolute atomic E-state index is 0.0665. The Labute approximate surface area is 164 Å². The van der Waals surface area contributed by atoms with E-state index in [0.717, 1.165) is 61.7 Å². The molecule has 0 unspecified atom stereocenters. The summed E-state index contributed by atoms with van der Waals surface area (Å²) >= 11 is 0. The van der Waals surface area contributed by atoms with Crippen molar-refractivity contribution in [2.75, 3.05) is 19.6 Å². The summed E-state index contributed by atoms with van der Waals surface area (Å²) in [6, 6.07) is 6.66. The lowest BCUT2D eigenvalue weighted by atomic mass is 10.1. The van der Waals surface area contributed by atoms with Gasteiger partial charge in [-0.05, 0) is 37.5 Å². The van der Waals surface area contributed by atoms with Gasteiger partial charge in [0.05, 0.1) is 11.7 Å². The van der Waals surface area contributed by atoms with Crippen LogP contribution in [-0.2, 0) is 24.1 Å². The molecule has 2 aliphatic rings. The first-order valence-electron chi connectivity index (χ1n) is 10.0. The number of hydrogen-bond donors (Lipinski definition) is 1. The molecule has 2 atom stereocenters. The van der Waals surface area contributed by atoms with Gasteiger partial charge in [0.1, 0.15) is 17.7 Å². The lowest BCUT2D eigenvalue weighted by molar-refractivity contribution is 0.120. The zero-order valence-electron chi connectivity index (χ0n) is 16.4. The van der Waals surface area contributed by atoms with Crippen molar-refractivity contribution >= 4 is 6.09 Å². The number of imidazole rings is 1. The van der Waals surface area contributed by atoms with Crippen molar-refractivity contribution in [1.82, 2.24) is 19.8 Å². The number of nitrogens with zero attached hydrogens (tertiary/aromatic N) is 3. The number of fused-ring (bicyclic) bond motifs is 1. The molecule has 2 aromatic rings. The van der Waals surface area contributed by atoms with E-state index in [2.05, 4.69) is 28.7 Å². The van der Waals surface area contributed by atoms with Gasteiger partial charge >= 0.3 is 6.09 Å². The number of likely N-dealkylation sites (tertiary alicyclic amines) is 1. The molecule has 2 fully saturated rings. The van der Waals surface area contributed by atoms with Crippen LogP contribution in [0.2, 0.25) is 0 Å². The average molecular weight is 386 g/mol. The number of aromatic amines is 1. The molecule has 28 heavy (non-hydrogen) atoms. The van der Waals surface area contributed by atoms with Crippen LogP contribution in [0.4, 0.5) is 9.18 Å². The minimum atomic E-state index is -0.223. The van der Waals surface area contributed by atoms with E-state index in [1.165, 1.54) is 12.1 Å². The van der Waals surface area contributed by atoms with Crippen LogP contribution >= 0.6 is 0 Å². The van der Waals surface area contributed by atoms with Crippen molar-refractivity contribution in [1.29, 1.82) is 0 Å². The van der Waals surface area contributed by atoms with Crippen LogP contribution in [0.15, 0.2) is 24.3 Å². The highest BCUT2D eigenvalue weighted by molar-refractivity contribution is 5.71. The van der Waals surface area contributed by atoms with E-state index in [1.54, 1.807) is 12.1 Å². The Hall–Kier alpha value is -2.41. The summed E-state index contributed by atoms with van der Waals surface area (Å²) in [6.07, 6.45) is 2.27. The number of rotatable bonds is 7. The van der Waals surface area contributed by atoms with Gasteiger partial charge in [0.2, 0.25) is 0 Å². The van der Waals surface area contributed by atoms with Gasteiger partial charge in [-0.3, -0.25) is 4.90 Å². The van der Waals surface area contributed by atoms with Crippen molar-refractivity contribution < 1.29 is 13.9 Å². The van der Waals surface area contributed by atoms with E-state index in [-0.39, 0.29) is 24.1 Å². The average Bonchev–Trinajstić information content (AvgIpc) is 3.31. The van der Waals surface area contributed by atoms with Crippen LogP contribution in [0.25, 0.3) is 0 Å². The molecule has 0 spiro atoms. The third kappa shape index (κ3) is 3.90. The number of benzene rings is 1. The Morgan fingerprint density at radius 1 is 1.29 bits per heavy atom. The van der Waals surface area contributed by atoms with E-state index in [9.17, 15) is 9.18 Å². The molecular weight excluding hydrogens is 359 g/mol. The summed E-state index contributed by atoms with van der Waals surface area (Å²) in [5.41, 5.74) is 3.27. The first-order valence-corrected chi connectivity index (χ1v) is 10.0. The van der Waals surface area contributed by atoms with Crippen LogP contribution < -0.4 is 0 Å². The van der Waals surface area contributed by atoms with Gasteiger partial charge in [-0.2, -0.15) is 0 Å². The number of aromatic nitrogens is 2. The Balaban J connectivity index is 1.32. The second-order valence-corrected chi connectivity index (χ2v) is 7.72. The van der Waals surface area contributed by atoms with Gasteiger partial charge in [0.15, 0.2) is 0 Å². The standard InChI is InChI=1S/C21H27FN4O2/c1-3-20-23-14(2)17(24-20)11-25-12-18-19(13-25)28-21(27)26(18)10-4-5-15-6-8-16(22)9-7-15/h6-9,18-19H,3-5,10-13H2,1-2H3,(H,23,24)/t18-,19+/m0/s1. The Kier molecular flexibility index (Phi) is 5.35. The molecule has 7 heteroatoms. The van der Waals surface area contributed by atoms with Crippen molar-refractivity contribution in [2.45, 2.75) is 51.8 Å². The molecule has 0 saturated carbocycles. The fourth-order valence-electron chi connectivity index (χ4n) is 4.17. The maximum Gasteiger partial charge on any atom is 0.410 e. The summed E-state index contributed by atoms with van der Waals surface area (Å²) in [4.78, 5) is 24.4. The number of hydrogen-bond acceptors (Lipinski definition) is 4. The summed E-state index contributed by atoms with van der Waals surface area (Å²) in [5, 5.41) is 0. The second kappa shape index (κ2) is 7.91. The molecule has 4 rings (SSSR count). The second-order valence-electron chi connectivity index (χ2n) is 7.72. The zero-order chi connectivity index (χ0) is 19.7.